The average Bonchev–Trinajstić information content (AvgIpc) is 3.48. The summed E-state index contributed by atoms with van der Waals surface area (Å²) in [7, 11) is -8.45. The van der Waals surface area contributed by atoms with Gasteiger partial charge in [0.1, 0.15) is 6.04 Å². The van der Waals surface area contributed by atoms with Gasteiger partial charge in [0.2, 0.25) is 10.0 Å². The number of rotatable bonds is 7. The van der Waals surface area contributed by atoms with Gasteiger partial charge in [0.15, 0.2) is 0 Å². The third-order valence-electron chi connectivity index (χ3n) is 8.92. The van der Waals surface area contributed by atoms with Gasteiger partial charge in [-0.25, -0.2) is 20.8 Å². The fourth-order valence-corrected chi connectivity index (χ4v) is 10.3. The van der Waals surface area contributed by atoms with Gasteiger partial charge < -0.3 is 4.74 Å². The van der Waals surface area contributed by atoms with Crippen molar-refractivity contribution in [3.05, 3.63) is 99.7 Å². The maximum atomic E-state index is 14.3. The Bertz CT molecular complexity index is 2030. The van der Waals surface area contributed by atoms with Crippen molar-refractivity contribution < 1.29 is 31.3 Å². The van der Waals surface area contributed by atoms with Crippen LogP contribution in [0.15, 0.2) is 82.7 Å². The van der Waals surface area contributed by atoms with Gasteiger partial charge in [-0.3, -0.25) is 14.9 Å². The summed E-state index contributed by atoms with van der Waals surface area (Å²) in [6.07, 6.45) is 1.91. The lowest BCUT2D eigenvalue weighted by Gasteiger charge is -2.37. The van der Waals surface area contributed by atoms with Crippen molar-refractivity contribution in [1.29, 1.82) is 0 Å². The topological polar surface area (TPSA) is 146 Å². The molecular weight excluding hydrogens is 606 g/mol. The molecular formula is C31H31N3O8S2. The molecule has 0 spiro atoms. The Labute approximate surface area is 255 Å². The number of benzene rings is 3. The fourth-order valence-electron chi connectivity index (χ4n) is 6.92. The van der Waals surface area contributed by atoms with E-state index in [-0.39, 0.29) is 22.1 Å². The number of nitrogens with zero attached hydrogens (tertiary/aromatic N) is 3. The summed E-state index contributed by atoms with van der Waals surface area (Å²) in [5.41, 5.74) is 1.34. The Morgan fingerprint density at radius 1 is 0.977 bits per heavy atom. The number of aryl methyl sites for hydroxylation is 1. The molecule has 4 aromatic rings. The van der Waals surface area contributed by atoms with Crippen LogP contribution in [-0.4, -0.2) is 54.2 Å². The summed E-state index contributed by atoms with van der Waals surface area (Å²) in [6, 6.07) is 15.1. The lowest BCUT2D eigenvalue weighted by atomic mass is 9.70. The van der Waals surface area contributed by atoms with Gasteiger partial charge in [0.25, 0.3) is 15.7 Å². The Hall–Kier alpha value is -4.07. The van der Waals surface area contributed by atoms with Gasteiger partial charge in [-0.1, -0.05) is 29.8 Å². The molecule has 0 unspecified atom stereocenters. The molecule has 0 amide bonds. The minimum absolute atomic E-state index is 0.00732. The van der Waals surface area contributed by atoms with Gasteiger partial charge in [-0.05, 0) is 81.5 Å². The van der Waals surface area contributed by atoms with Crippen molar-refractivity contribution >= 4 is 42.6 Å². The summed E-state index contributed by atoms with van der Waals surface area (Å²) in [5.74, 6) is -1.91. The van der Waals surface area contributed by atoms with Crippen molar-refractivity contribution in [3.63, 3.8) is 0 Å². The van der Waals surface area contributed by atoms with E-state index in [0.29, 0.717) is 22.9 Å². The van der Waals surface area contributed by atoms with Gasteiger partial charge >= 0.3 is 5.97 Å². The molecule has 0 N–H and O–H groups in total. The second kappa shape index (κ2) is 10.2. The largest absolute Gasteiger partial charge is 0.465 e. The molecule has 13 heteroatoms. The SMILES string of the molecule is CCOC(=O)[C@@H]1[C@H]2c3cn(S(=O)(=O)c4ccc(C)cc4)c4cccc(c34)C[C@H]2C(C)(C)N1S(=O)(=O)c1ccc([N+](=O)[O-])cc1. The second-order valence-electron chi connectivity index (χ2n) is 11.7. The quantitative estimate of drug-likeness (QED) is 0.160. The van der Waals surface area contributed by atoms with Crippen LogP contribution in [0.5, 0.6) is 0 Å². The molecule has 3 aromatic carbocycles. The van der Waals surface area contributed by atoms with Crippen LogP contribution in [0.4, 0.5) is 5.69 Å². The number of aromatic nitrogens is 1. The number of ether oxygens (including phenoxy) is 1. The van der Waals surface area contributed by atoms with E-state index >= 15 is 0 Å². The molecule has 1 aliphatic heterocycles. The zero-order chi connectivity index (χ0) is 31.8. The first-order valence-corrected chi connectivity index (χ1v) is 17.0. The number of fused-ring (bicyclic) bond motifs is 2. The van der Waals surface area contributed by atoms with E-state index in [2.05, 4.69) is 0 Å². The van der Waals surface area contributed by atoms with Crippen molar-refractivity contribution in [1.82, 2.24) is 8.28 Å². The molecule has 0 bridgehead atoms. The minimum Gasteiger partial charge on any atom is -0.465 e. The average molecular weight is 638 g/mol. The molecule has 0 saturated carbocycles. The first-order valence-electron chi connectivity index (χ1n) is 14.1. The van der Waals surface area contributed by atoms with E-state index in [1.165, 1.54) is 10.2 Å². The van der Waals surface area contributed by atoms with Crippen LogP contribution >= 0.6 is 0 Å². The minimum atomic E-state index is -4.40. The highest BCUT2D eigenvalue weighted by molar-refractivity contribution is 7.90. The second-order valence-corrected chi connectivity index (χ2v) is 15.4. The summed E-state index contributed by atoms with van der Waals surface area (Å²) in [5, 5.41) is 11.9. The number of nitro benzene ring substituents is 1. The first-order chi connectivity index (χ1) is 20.7. The Kier molecular flexibility index (Phi) is 6.98. The van der Waals surface area contributed by atoms with Crippen molar-refractivity contribution in [2.24, 2.45) is 5.92 Å². The lowest BCUT2D eigenvalue weighted by molar-refractivity contribution is -0.384. The smallest absolute Gasteiger partial charge is 0.325 e. The number of carbonyl (C=O) groups is 1. The summed E-state index contributed by atoms with van der Waals surface area (Å²) < 4.78 is 64.4. The number of sulfonamides is 1. The lowest BCUT2D eigenvalue weighted by Crippen LogP contribution is -2.51. The molecule has 230 valence electrons. The number of nitro groups is 1. The Balaban J connectivity index is 1.56. The van der Waals surface area contributed by atoms with Gasteiger partial charge in [-0.15, -0.1) is 0 Å². The molecule has 44 heavy (non-hydrogen) atoms. The van der Waals surface area contributed by atoms with Crippen molar-refractivity contribution in [2.45, 2.75) is 61.4 Å². The normalized spacial score (nSPS) is 21.2. The molecule has 0 radical (unpaired) electrons. The van der Waals surface area contributed by atoms with Crippen molar-refractivity contribution in [3.8, 4) is 0 Å². The van der Waals surface area contributed by atoms with Gasteiger partial charge in [0, 0.05) is 35.2 Å². The zero-order valence-corrected chi connectivity index (χ0v) is 26.1. The third-order valence-corrected chi connectivity index (χ3v) is 12.7. The molecule has 1 aliphatic carbocycles. The highest BCUT2D eigenvalue weighted by Crippen LogP contribution is 2.56. The molecule has 2 heterocycles. The molecule has 6 rings (SSSR count). The number of hydrogen-bond donors (Lipinski definition) is 0. The number of esters is 1. The number of non-ortho nitro benzene ring substituents is 1. The maximum absolute atomic E-state index is 14.3. The van der Waals surface area contributed by atoms with Crippen LogP contribution in [0.3, 0.4) is 0 Å². The number of carbonyl (C=O) groups excluding carboxylic acids is 1. The third kappa shape index (κ3) is 4.36. The molecule has 3 atom stereocenters. The van der Waals surface area contributed by atoms with E-state index in [1.54, 1.807) is 57.2 Å². The highest BCUT2D eigenvalue weighted by Gasteiger charge is 2.63. The van der Waals surface area contributed by atoms with E-state index in [0.717, 1.165) is 39.7 Å². The monoisotopic (exact) mass is 637 g/mol. The van der Waals surface area contributed by atoms with Gasteiger partial charge in [-0.2, -0.15) is 4.31 Å². The Morgan fingerprint density at radius 2 is 1.59 bits per heavy atom. The predicted octanol–water partition coefficient (Wildman–Crippen LogP) is 4.77. The van der Waals surface area contributed by atoms with E-state index < -0.39 is 54.4 Å². The highest BCUT2D eigenvalue weighted by atomic mass is 32.2. The van der Waals surface area contributed by atoms with Gasteiger partial charge in [0.05, 0.1) is 26.8 Å². The number of hydrogen-bond acceptors (Lipinski definition) is 8. The van der Waals surface area contributed by atoms with Crippen LogP contribution in [0.2, 0.25) is 0 Å². The van der Waals surface area contributed by atoms with Crippen LogP contribution in [0.25, 0.3) is 10.9 Å². The predicted molar refractivity (Wildman–Crippen MR) is 162 cm³/mol. The fraction of sp³-hybridized carbons (Fsp3) is 0.323. The molecule has 11 nitrogen and oxygen atoms in total. The summed E-state index contributed by atoms with van der Waals surface area (Å²) in [4.78, 5) is 24.3. The summed E-state index contributed by atoms with van der Waals surface area (Å²) in [6.45, 7) is 7.00. The van der Waals surface area contributed by atoms with Crippen LogP contribution in [0, 0.1) is 23.0 Å². The van der Waals surface area contributed by atoms with E-state index in [9.17, 15) is 31.7 Å². The van der Waals surface area contributed by atoms with Crippen molar-refractivity contribution in [2.75, 3.05) is 6.61 Å². The molecule has 1 fully saturated rings. The zero-order valence-electron chi connectivity index (χ0n) is 24.5. The molecule has 2 aliphatic rings. The standard InChI is InChI=1S/C31H31N3O8S2/c1-5-42-30(35)29-28-24-18-32(43(38,39)22-13-9-19(2)10-14-22)26-8-6-7-20(27(24)26)17-25(28)31(3,4)33(29)44(40,41)23-15-11-21(12-16-23)34(36)37/h6-16,18,25,28-29H,5,17H2,1-4H3/t25-,28+,29+/m1/s1. The molecule has 1 aromatic heterocycles. The molecule has 1 saturated heterocycles. The summed E-state index contributed by atoms with van der Waals surface area (Å²) >= 11 is 0. The van der Waals surface area contributed by atoms with E-state index in [4.69, 9.17) is 4.74 Å². The maximum Gasteiger partial charge on any atom is 0.325 e. The first kappa shape index (κ1) is 30.0. The van der Waals surface area contributed by atoms with E-state index in [1.807, 2.05) is 13.0 Å². The van der Waals surface area contributed by atoms with Crippen LogP contribution in [-0.2, 0) is 36.0 Å². The van der Waals surface area contributed by atoms with Crippen LogP contribution in [0.1, 0.15) is 43.4 Å². The van der Waals surface area contributed by atoms with Crippen LogP contribution < -0.4 is 0 Å². The Morgan fingerprint density at radius 3 is 2.20 bits per heavy atom.